The molecule has 1 heterocycles. The highest BCUT2D eigenvalue weighted by atomic mass is 19.2. The third kappa shape index (κ3) is 2.71. The van der Waals surface area contributed by atoms with E-state index in [0.717, 1.165) is 12.8 Å². The molecule has 0 amide bonds. The molecule has 0 bridgehead atoms. The van der Waals surface area contributed by atoms with Crippen LogP contribution >= 0.6 is 0 Å². The third-order valence-electron chi connectivity index (χ3n) is 5.13. The molecule has 0 aromatic heterocycles. The van der Waals surface area contributed by atoms with Crippen molar-refractivity contribution in [1.29, 1.82) is 0 Å². The number of hydrogen-bond donors (Lipinski definition) is 0. The van der Waals surface area contributed by atoms with Gasteiger partial charge in [-0.2, -0.15) is 0 Å². The van der Waals surface area contributed by atoms with E-state index in [4.69, 9.17) is 4.74 Å². The number of rotatable bonds is 6. The maximum Gasteiger partial charge on any atom is 0.222 e. The summed E-state index contributed by atoms with van der Waals surface area (Å²) < 4.78 is 34.1. The summed E-state index contributed by atoms with van der Waals surface area (Å²) in [5, 5.41) is 0. The van der Waals surface area contributed by atoms with Gasteiger partial charge in [-0.25, -0.2) is 8.78 Å². The van der Waals surface area contributed by atoms with Crippen molar-refractivity contribution in [3.63, 3.8) is 0 Å². The molecule has 0 radical (unpaired) electrons. The Bertz CT molecular complexity index is 289. The van der Waals surface area contributed by atoms with E-state index in [2.05, 4.69) is 0 Å². The van der Waals surface area contributed by atoms with Crippen LogP contribution in [0.25, 0.3) is 0 Å². The van der Waals surface area contributed by atoms with Crippen molar-refractivity contribution >= 4 is 0 Å². The van der Waals surface area contributed by atoms with Crippen molar-refractivity contribution in [2.45, 2.75) is 85.4 Å². The molecule has 0 aromatic carbocycles. The lowest BCUT2D eigenvalue weighted by molar-refractivity contribution is -0.422. The Morgan fingerprint density at radius 3 is 1.78 bits per heavy atom. The van der Waals surface area contributed by atoms with Crippen molar-refractivity contribution in [3.8, 4) is 0 Å². The first-order valence-electron chi connectivity index (χ1n) is 7.13. The molecule has 0 aliphatic carbocycles. The van der Waals surface area contributed by atoms with E-state index < -0.39 is 17.1 Å². The number of halogens is 2. The lowest BCUT2D eigenvalue weighted by Crippen LogP contribution is -2.62. The zero-order valence-corrected chi connectivity index (χ0v) is 12.7. The highest BCUT2D eigenvalue weighted by molar-refractivity contribution is 5.01. The number of alkyl halides is 2. The van der Waals surface area contributed by atoms with E-state index in [9.17, 15) is 8.78 Å². The first kappa shape index (κ1) is 15.9. The molecular weight excluding hydrogens is 234 g/mol. The minimum absolute atomic E-state index is 0.105. The Morgan fingerprint density at radius 2 is 1.44 bits per heavy atom. The quantitative estimate of drug-likeness (QED) is 0.623. The predicted octanol–water partition coefficient (Wildman–Crippen LogP) is 5.39. The van der Waals surface area contributed by atoms with Crippen LogP contribution in [-0.4, -0.2) is 11.7 Å². The predicted molar refractivity (Wildman–Crippen MR) is 70.8 cm³/mol. The number of ether oxygens (including phenoxy) is 1. The summed E-state index contributed by atoms with van der Waals surface area (Å²) in [4.78, 5) is 0. The Hall–Kier alpha value is -0.180. The van der Waals surface area contributed by atoms with Crippen LogP contribution in [0.3, 0.4) is 0 Å². The van der Waals surface area contributed by atoms with Gasteiger partial charge in [0.25, 0.3) is 0 Å². The molecule has 1 nitrogen and oxygen atoms in total. The van der Waals surface area contributed by atoms with Crippen molar-refractivity contribution in [2.24, 2.45) is 10.8 Å². The molecule has 108 valence electrons. The van der Waals surface area contributed by atoms with Gasteiger partial charge in [-0.05, 0) is 11.8 Å². The summed E-state index contributed by atoms with van der Waals surface area (Å²) in [6.45, 7) is 11.6. The highest BCUT2D eigenvalue weighted by Gasteiger charge is 2.65. The van der Waals surface area contributed by atoms with Gasteiger partial charge in [0.1, 0.15) is 0 Å². The lowest BCUT2D eigenvalue weighted by Gasteiger charge is -2.55. The van der Waals surface area contributed by atoms with Crippen molar-refractivity contribution in [1.82, 2.24) is 0 Å². The maximum atomic E-state index is 14.5. The van der Waals surface area contributed by atoms with E-state index in [1.54, 1.807) is 13.8 Å². The molecule has 1 aliphatic heterocycles. The average Bonchev–Trinajstić information content (AvgIpc) is 2.26. The second-order valence-electron chi connectivity index (χ2n) is 6.82. The second-order valence-corrected chi connectivity index (χ2v) is 6.82. The monoisotopic (exact) mass is 262 g/mol. The molecule has 1 fully saturated rings. The molecule has 1 saturated heterocycles. The van der Waals surface area contributed by atoms with E-state index in [1.807, 2.05) is 27.7 Å². The summed E-state index contributed by atoms with van der Waals surface area (Å²) >= 11 is 0. The fourth-order valence-corrected chi connectivity index (χ4v) is 2.50. The normalized spacial score (nSPS) is 33.3. The smallest absolute Gasteiger partial charge is 0.222 e. The van der Waals surface area contributed by atoms with Crippen LogP contribution in [-0.2, 0) is 4.74 Å². The van der Waals surface area contributed by atoms with Gasteiger partial charge >= 0.3 is 0 Å². The molecule has 0 spiro atoms. The van der Waals surface area contributed by atoms with Crippen molar-refractivity contribution < 1.29 is 13.5 Å². The molecule has 0 saturated carbocycles. The van der Waals surface area contributed by atoms with E-state index in [1.165, 1.54) is 0 Å². The van der Waals surface area contributed by atoms with Gasteiger partial charge in [-0.1, -0.05) is 54.4 Å². The van der Waals surface area contributed by atoms with Crippen molar-refractivity contribution in [3.05, 3.63) is 0 Å². The minimum atomic E-state index is -1.81. The molecule has 2 atom stereocenters. The molecule has 3 heteroatoms. The average molecular weight is 262 g/mol. The van der Waals surface area contributed by atoms with Crippen LogP contribution in [0.5, 0.6) is 0 Å². The van der Waals surface area contributed by atoms with Crippen molar-refractivity contribution in [2.75, 3.05) is 0 Å². The molecule has 2 unspecified atom stereocenters. The van der Waals surface area contributed by atoms with E-state index in [0.29, 0.717) is 12.8 Å². The zero-order valence-electron chi connectivity index (χ0n) is 12.7. The largest absolute Gasteiger partial charge is 0.308 e. The molecule has 1 aliphatic rings. The van der Waals surface area contributed by atoms with Gasteiger partial charge in [0.15, 0.2) is 0 Å². The second kappa shape index (κ2) is 4.73. The van der Waals surface area contributed by atoms with Gasteiger partial charge < -0.3 is 4.74 Å². The highest BCUT2D eigenvalue weighted by Crippen LogP contribution is 2.58. The van der Waals surface area contributed by atoms with E-state index in [-0.39, 0.29) is 11.8 Å². The van der Waals surface area contributed by atoms with Crippen LogP contribution < -0.4 is 0 Å². The van der Waals surface area contributed by atoms with Gasteiger partial charge in [0.05, 0.1) is 6.42 Å². The van der Waals surface area contributed by atoms with Gasteiger partial charge in [0, 0.05) is 11.8 Å². The zero-order chi connectivity index (χ0) is 14.2. The fourth-order valence-electron chi connectivity index (χ4n) is 2.50. The summed E-state index contributed by atoms with van der Waals surface area (Å²) in [5.74, 6) is -3.58. The molecular formula is C15H28F2O. The molecule has 0 aromatic rings. The fraction of sp³-hybridized carbons (Fsp3) is 1.00. The topological polar surface area (TPSA) is 9.23 Å². The SMILES string of the molecule is CCC(C)(CC)CC1(F)CC(F)(C(C)(C)CC)O1. The van der Waals surface area contributed by atoms with Gasteiger partial charge in [-0.3, -0.25) is 0 Å². The van der Waals surface area contributed by atoms with Crippen LogP contribution in [0.15, 0.2) is 0 Å². The summed E-state index contributed by atoms with van der Waals surface area (Å²) in [7, 11) is 0. The molecule has 18 heavy (non-hydrogen) atoms. The third-order valence-corrected chi connectivity index (χ3v) is 5.13. The molecule has 0 N–H and O–H groups in total. The Balaban J connectivity index is 2.69. The van der Waals surface area contributed by atoms with E-state index >= 15 is 0 Å². The Labute approximate surface area is 110 Å². The summed E-state index contributed by atoms with van der Waals surface area (Å²) in [6.07, 6.45) is 2.57. The molecule has 1 rings (SSSR count). The van der Waals surface area contributed by atoms with Crippen LogP contribution in [0.1, 0.15) is 73.6 Å². The Morgan fingerprint density at radius 1 is 1.00 bits per heavy atom. The first-order valence-corrected chi connectivity index (χ1v) is 7.13. The lowest BCUT2D eigenvalue weighted by atomic mass is 9.70. The minimum Gasteiger partial charge on any atom is -0.308 e. The summed E-state index contributed by atoms with van der Waals surface area (Å²) in [5.41, 5.74) is -0.732. The van der Waals surface area contributed by atoms with Crippen LogP contribution in [0, 0.1) is 10.8 Å². The van der Waals surface area contributed by atoms with Gasteiger partial charge in [0.2, 0.25) is 11.7 Å². The van der Waals surface area contributed by atoms with Crippen LogP contribution in [0.2, 0.25) is 0 Å². The number of hydrogen-bond acceptors (Lipinski definition) is 1. The standard InChI is InChI=1S/C15H28F2O/c1-7-12(4,5)15(17)11-14(16,18-15)10-13(6,8-2)9-3/h7-11H2,1-6H3. The summed E-state index contributed by atoms with van der Waals surface area (Å²) in [6, 6.07) is 0. The maximum absolute atomic E-state index is 14.5. The Kier molecular flexibility index (Phi) is 4.18. The first-order chi connectivity index (χ1) is 8.05. The van der Waals surface area contributed by atoms with Gasteiger partial charge in [-0.15, -0.1) is 0 Å². The van der Waals surface area contributed by atoms with Crippen LogP contribution in [0.4, 0.5) is 8.78 Å².